The van der Waals surface area contributed by atoms with Gasteiger partial charge in [-0.1, -0.05) is 42.5 Å². The highest BCUT2D eigenvalue weighted by atomic mass is 32.2. The van der Waals surface area contributed by atoms with Crippen molar-refractivity contribution in [2.24, 2.45) is 11.8 Å². The summed E-state index contributed by atoms with van der Waals surface area (Å²) in [7, 11) is -4.73. The van der Waals surface area contributed by atoms with E-state index in [9.17, 15) is 42.8 Å². The van der Waals surface area contributed by atoms with E-state index in [1.54, 1.807) is 45.0 Å². The van der Waals surface area contributed by atoms with E-state index in [-0.39, 0.29) is 38.2 Å². The van der Waals surface area contributed by atoms with Gasteiger partial charge in [0.25, 0.3) is 5.69 Å². The summed E-state index contributed by atoms with van der Waals surface area (Å²) in [6.07, 6.45) is 4.06. The zero-order chi connectivity index (χ0) is 41.0. The molecule has 2 amide bonds. The molecule has 298 valence electrons. The van der Waals surface area contributed by atoms with Gasteiger partial charge < -0.3 is 24.8 Å². The number of ether oxygens (including phenoxy) is 2. The largest absolute Gasteiger partial charge is 0.479 e. The standard InChI is InChI=1S/C39H45N5O11S/c1-6-8-13-20-42(56(52,53)32-17-12-11-16-30(32)44(50)51)24-29(36(47)55-38(3,4)5)35(46)43-23-27(54-34-28-15-10-9-14-25(28)18-19-40-34)21-31(43)33(45)41-39(37(48)49)22-26(39)7-2/h6-7,9-12,14-19,26-27,29,31H,1-2,8,13,20-24H2,3-5H3,(H,41,45)(H,48,49)/t26?,27-,29+,31+,39?/m1/s1. The molecule has 3 aromatic rings. The highest BCUT2D eigenvalue weighted by Gasteiger charge is 2.61. The Balaban J connectivity index is 1.55. The van der Waals surface area contributed by atoms with E-state index in [4.69, 9.17) is 9.47 Å². The first kappa shape index (κ1) is 41.5. The zero-order valence-corrected chi connectivity index (χ0v) is 32.1. The molecule has 5 rings (SSSR count). The molecule has 56 heavy (non-hydrogen) atoms. The number of aromatic nitrogens is 1. The lowest BCUT2D eigenvalue weighted by Gasteiger charge is -2.32. The summed E-state index contributed by atoms with van der Waals surface area (Å²) in [6.45, 7) is 10.7. The number of aliphatic carboxylic acids is 1. The fourth-order valence-electron chi connectivity index (χ4n) is 6.75. The minimum absolute atomic E-state index is 0.0712. The Morgan fingerprint density at radius 3 is 2.48 bits per heavy atom. The number of nitrogens with one attached hydrogen (secondary N) is 1. The van der Waals surface area contributed by atoms with Crippen LogP contribution >= 0.6 is 0 Å². The number of nitro benzene ring substituents is 1. The second kappa shape index (κ2) is 16.6. The summed E-state index contributed by atoms with van der Waals surface area (Å²) in [5, 5.41) is 26.0. The van der Waals surface area contributed by atoms with Gasteiger partial charge in [-0.25, -0.2) is 18.2 Å². The molecule has 5 atom stereocenters. The lowest BCUT2D eigenvalue weighted by molar-refractivity contribution is -0.387. The number of carbonyl (C=O) groups is 4. The van der Waals surface area contributed by atoms with Crippen molar-refractivity contribution >= 4 is 50.2 Å². The van der Waals surface area contributed by atoms with Crippen LogP contribution in [-0.4, -0.2) is 99.3 Å². The molecule has 2 aromatic carbocycles. The maximum absolute atomic E-state index is 14.8. The molecule has 2 unspecified atom stereocenters. The van der Waals surface area contributed by atoms with Crippen LogP contribution in [0.25, 0.3) is 10.8 Å². The van der Waals surface area contributed by atoms with Gasteiger partial charge in [0, 0.05) is 43.1 Å². The fourth-order valence-corrected chi connectivity index (χ4v) is 8.40. The van der Waals surface area contributed by atoms with Crippen molar-refractivity contribution < 1.29 is 47.1 Å². The number of likely N-dealkylation sites (tertiary alicyclic amines) is 1. The Morgan fingerprint density at radius 1 is 1.14 bits per heavy atom. The quantitative estimate of drug-likeness (QED) is 0.0490. The van der Waals surface area contributed by atoms with Crippen LogP contribution in [0.15, 0.2) is 91.0 Å². The number of nitrogens with zero attached hydrogens (tertiary/aromatic N) is 4. The van der Waals surface area contributed by atoms with Crippen LogP contribution in [0.4, 0.5) is 5.69 Å². The molecule has 1 saturated carbocycles. The number of pyridine rings is 1. The van der Waals surface area contributed by atoms with Crippen LogP contribution in [0.1, 0.15) is 46.5 Å². The van der Waals surface area contributed by atoms with Gasteiger partial charge in [-0.2, -0.15) is 4.31 Å². The molecule has 2 fully saturated rings. The first-order chi connectivity index (χ1) is 26.4. The van der Waals surface area contributed by atoms with Crippen molar-refractivity contribution in [3.63, 3.8) is 0 Å². The van der Waals surface area contributed by atoms with Gasteiger partial charge >= 0.3 is 11.9 Å². The number of carboxylic acid groups (broad SMARTS) is 1. The van der Waals surface area contributed by atoms with E-state index >= 15 is 0 Å². The van der Waals surface area contributed by atoms with Crippen LogP contribution < -0.4 is 10.1 Å². The highest BCUT2D eigenvalue weighted by Crippen LogP contribution is 2.45. The number of fused-ring (bicyclic) bond motifs is 1. The van der Waals surface area contributed by atoms with E-state index in [0.717, 1.165) is 26.7 Å². The minimum Gasteiger partial charge on any atom is -0.479 e. The Morgan fingerprint density at radius 2 is 1.84 bits per heavy atom. The van der Waals surface area contributed by atoms with Crippen molar-refractivity contribution in [1.82, 2.24) is 19.5 Å². The average Bonchev–Trinajstić information content (AvgIpc) is 3.71. The summed E-state index contributed by atoms with van der Waals surface area (Å²) in [5.74, 6) is -6.47. The topological polar surface area (TPSA) is 216 Å². The summed E-state index contributed by atoms with van der Waals surface area (Å²) in [6, 6.07) is 12.4. The lowest BCUT2D eigenvalue weighted by Crippen LogP contribution is -2.55. The molecule has 2 heterocycles. The van der Waals surface area contributed by atoms with E-state index in [1.165, 1.54) is 24.4 Å². The molecule has 1 saturated heterocycles. The normalized spacial score (nSPS) is 21.2. The van der Waals surface area contributed by atoms with E-state index < -0.39 is 90.9 Å². The van der Waals surface area contributed by atoms with Crippen LogP contribution in [0.2, 0.25) is 0 Å². The number of carbonyl (C=O) groups excluding carboxylic acids is 3. The summed E-state index contributed by atoms with van der Waals surface area (Å²) in [4.78, 5) is 71.1. The van der Waals surface area contributed by atoms with Crippen molar-refractivity contribution in [2.75, 3.05) is 19.6 Å². The van der Waals surface area contributed by atoms with E-state index in [0.29, 0.717) is 11.8 Å². The predicted molar refractivity (Wildman–Crippen MR) is 204 cm³/mol. The number of nitro groups is 1. The Labute approximate surface area is 324 Å². The van der Waals surface area contributed by atoms with Crippen LogP contribution in [0.3, 0.4) is 0 Å². The summed E-state index contributed by atoms with van der Waals surface area (Å²) in [5.41, 5.74) is -3.51. The number of unbranched alkanes of at least 4 members (excludes halogenated alkanes) is 1. The average molecular weight is 792 g/mol. The molecule has 17 heteroatoms. The molecule has 0 spiro atoms. The third-order valence-electron chi connectivity index (χ3n) is 9.66. The van der Waals surface area contributed by atoms with Gasteiger partial charge in [-0.05, 0) is 63.6 Å². The van der Waals surface area contributed by atoms with E-state index in [2.05, 4.69) is 23.5 Å². The molecular formula is C39H45N5O11S. The number of carboxylic acids is 1. The van der Waals surface area contributed by atoms with Gasteiger partial charge in [-0.15, -0.1) is 13.2 Å². The fraction of sp³-hybridized carbons (Fsp3) is 0.410. The molecule has 0 bridgehead atoms. The van der Waals surface area contributed by atoms with Gasteiger partial charge in [0.05, 0.1) is 11.5 Å². The van der Waals surface area contributed by atoms with Crippen molar-refractivity contribution in [2.45, 2.75) is 74.6 Å². The Kier molecular flexibility index (Phi) is 12.3. The molecular weight excluding hydrogens is 747 g/mol. The number of benzene rings is 2. The van der Waals surface area contributed by atoms with Crippen LogP contribution in [0.5, 0.6) is 5.88 Å². The second-order valence-corrected chi connectivity index (χ2v) is 16.6. The number of sulfonamides is 1. The van der Waals surface area contributed by atoms with Gasteiger partial charge in [0.2, 0.25) is 27.7 Å². The first-order valence-electron chi connectivity index (χ1n) is 18.0. The predicted octanol–water partition coefficient (Wildman–Crippen LogP) is 4.25. The van der Waals surface area contributed by atoms with Gasteiger partial charge in [0.1, 0.15) is 29.2 Å². The van der Waals surface area contributed by atoms with Crippen LogP contribution in [-0.2, 0) is 33.9 Å². The third kappa shape index (κ3) is 8.89. The van der Waals surface area contributed by atoms with Crippen molar-refractivity contribution in [1.29, 1.82) is 0 Å². The molecule has 0 radical (unpaired) electrons. The number of allylic oxidation sites excluding steroid dienone is 1. The van der Waals surface area contributed by atoms with Crippen molar-refractivity contribution in [3.8, 4) is 5.88 Å². The summed E-state index contributed by atoms with van der Waals surface area (Å²) >= 11 is 0. The maximum Gasteiger partial charge on any atom is 0.330 e. The number of hydrogen-bond donors (Lipinski definition) is 2. The Bertz CT molecular complexity index is 2150. The van der Waals surface area contributed by atoms with Crippen LogP contribution in [0, 0.1) is 22.0 Å². The molecule has 1 aliphatic carbocycles. The first-order valence-corrected chi connectivity index (χ1v) is 19.4. The number of para-hydroxylation sites is 1. The number of amides is 2. The van der Waals surface area contributed by atoms with E-state index in [1.807, 2.05) is 12.1 Å². The monoisotopic (exact) mass is 791 g/mol. The smallest absolute Gasteiger partial charge is 0.330 e. The number of rotatable bonds is 17. The molecule has 2 N–H and O–H groups in total. The summed E-state index contributed by atoms with van der Waals surface area (Å²) < 4.78 is 41.2. The maximum atomic E-state index is 14.8. The molecule has 1 aromatic heterocycles. The Hall–Kier alpha value is -5.68. The number of esters is 1. The zero-order valence-electron chi connectivity index (χ0n) is 31.3. The SMILES string of the molecule is C=CCCCN(C[C@H](C(=O)OC(C)(C)C)C(=O)N1C[C@H](Oc2nccc3ccccc23)C[C@H]1C(=O)NC1(C(=O)O)CC1C=C)S(=O)(=O)c1ccccc1[N+](=O)[O-]. The van der Waals surface area contributed by atoms with Crippen molar-refractivity contribution in [3.05, 3.63) is 96.2 Å². The number of hydrogen-bond acceptors (Lipinski definition) is 11. The lowest BCUT2D eigenvalue weighted by atomic mass is 10.1. The molecule has 1 aliphatic heterocycles. The molecule has 2 aliphatic rings. The molecule has 16 nitrogen and oxygen atoms in total. The second-order valence-electron chi connectivity index (χ2n) is 14.7. The van der Waals surface area contributed by atoms with Gasteiger partial charge in [0.15, 0.2) is 4.90 Å². The van der Waals surface area contributed by atoms with Gasteiger partial charge in [-0.3, -0.25) is 24.5 Å². The third-order valence-corrected chi connectivity index (χ3v) is 11.6. The minimum atomic E-state index is -4.73. The highest BCUT2D eigenvalue weighted by molar-refractivity contribution is 7.89.